The standard InChI is InChI=1S/C23H31NO2.ClH/c1-14-15(2)22-20-10-17-6-7-18(26-3)11-19(17)23(22,12-21(14)25)8-9-24(20)13-16-4-5-16;/h6-7,11,14-16,20,22H,4-5,8-10,12-13H2,1-3H3;1H/t14-,15-,20?,22-,23?;/m0./s1. The van der Waals surface area contributed by atoms with Gasteiger partial charge in [-0.1, -0.05) is 19.9 Å². The first kappa shape index (κ1) is 19.3. The Hall–Kier alpha value is -1.06. The third-order valence-corrected chi connectivity index (χ3v) is 8.19. The van der Waals surface area contributed by atoms with E-state index >= 15 is 0 Å². The second-order valence-corrected chi connectivity index (χ2v) is 9.46. The van der Waals surface area contributed by atoms with Gasteiger partial charge in [-0.3, -0.25) is 9.69 Å². The van der Waals surface area contributed by atoms with E-state index in [9.17, 15) is 4.79 Å². The number of methoxy groups -OCH3 is 1. The van der Waals surface area contributed by atoms with Crippen LogP contribution in [0.4, 0.5) is 0 Å². The van der Waals surface area contributed by atoms with Gasteiger partial charge in [-0.2, -0.15) is 0 Å². The number of ether oxygens (including phenoxy) is 1. The Labute approximate surface area is 169 Å². The lowest BCUT2D eigenvalue weighted by atomic mass is 9.47. The Bertz CT molecular complexity index is 746. The fourth-order valence-electron chi connectivity index (χ4n) is 6.48. The van der Waals surface area contributed by atoms with Crippen LogP contribution in [-0.4, -0.2) is 36.9 Å². The summed E-state index contributed by atoms with van der Waals surface area (Å²) in [5.74, 6) is 3.60. The van der Waals surface area contributed by atoms with Crippen molar-refractivity contribution in [2.24, 2.45) is 23.7 Å². The average molecular weight is 390 g/mol. The van der Waals surface area contributed by atoms with Gasteiger partial charge in [-0.05, 0) is 73.2 Å². The molecule has 0 N–H and O–H groups in total. The molecule has 1 aromatic rings. The van der Waals surface area contributed by atoms with Gasteiger partial charge in [0.25, 0.3) is 0 Å². The predicted molar refractivity (Wildman–Crippen MR) is 110 cm³/mol. The number of likely N-dealkylation sites (tertiary alicyclic amines) is 1. The zero-order chi connectivity index (χ0) is 18.1. The van der Waals surface area contributed by atoms with E-state index in [4.69, 9.17) is 4.74 Å². The molecule has 0 spiro atoms. The Balaban J connectivity index is 0.00000180. The number of piperidine rings is 1. The van der Waals surface area contributed by atoms with Crippen LogP contribution in [0.5, 0.6) is 5.75 Å². The molecule has 4 heteroatoms. The number of nitrogens with zero attached hydrogens (tertiary/aromatic N) is 1. The first-order valence-corrected chi connectivity index (χ1v) is 10.5. The van der Waals surface area contributed by atoms with Crippen LogP contribution in [0.25, 0.3) is 0 Å². The van der Waals surface area contributed by atoms with Crippen molar-refractivity contribution in [2.75, 3.05) is 20.2 Å². The van der Waals surface area contributed by atoms with Crippen LogP contribution in [0, 0.1) is 23.7 Å². The second-order valence-electron chi connectivity index (χ2n) is 9.46. The molecule has 1 aliphatic heterocycles. The van der Waals surface area contributed by atoms with Crippen molar-refractivity contribution < 1.29 is 9.53 Å². The van der Waals surface area contributed by atoms with Gasteiger partial charge in [0.15, 0.2) is 0 Å². The SMILES string of the molecule is COc1ccc2c(c1)C13CCN(CC4CC4)C(C2)[C@@H]1[C@@H](C)[C@H](C)C(=O)C3.Cl. The van der Waals surface area contributed by atoms with Crippen LogP contribution in [-0.2, 0) is 16.6 Å². The minimum Gasteiger partial charge on any atom is -0.497 e. The molecular formula is C23H32ClNO2. The maximum absolute atomic E-state index is 12.9. The zero-order valence-electron chi connectivity index (χ0n) is 16.7. The number of hydrogen-bond acceptors (Lipinski definition) is 3. The molecule has 0 radical (unpaired) electrons. The quantitative estimate of drug-likeness (QED) is 0.773. The van der Waals surface area contributed by atoms with Crippen LogP contribution in [0.3, 0.4) is 0 Å². The van der Waals surface area contributed by atoms with Gasteiger partial charge in [-0.25, -0.2) is 0 Å². The van der Waals surface area contributed by atoms with E-state index in [-0.39, 0.29) is 23.7 Å². The normalized spacial score (nSPS) is 37.8. The number of halogens is 1. The first-order chi connectivity index (χ1) is 12.5. The molecule has 0 aromatic heterocycles. The number of fused-ring (bicyclic) bond motifs is 1. The lowest BCUT2D eigenvalue weighted by Gasteiger charge is -2.61. The van der Waals surface area contributed by atoms with E-state index in [2.05, 4.69) is 36.9 Å². The van der Waals surface area contributed by atoms with Crippen molar-refractivity contribution >= 4 is 18.2 Å². The average Bonchev–Trinajstić information content (AvgIpc) is 3.46. The van der Waals surface area contributed by atoms with Gasteiger partial charge in [0.05, 0.1) is 7.11 Å². The van der Waals surface area contributed by atoms with Crippen LogP contribution in [0.1, 0.15) is 50.7 Å². The number of benzene rings is 1. The summed E-state index contributed by atoms with van der Waals surface area (Å²) in [7, 11) is 1.75. The van der Waals surface area contributed by atoms with Crippen molar-refractivity contribution in [1.82, 2.24) is 4.90 Å². The molecule has 2 bridgehead atoms. The van der Waals surface area contributed by atoms with E-state index < -0.39 is 0 Å². The Morgan fingerprint density at radius 3 is 2.74 bits per heavy atom. The molecule has 3 fully saturated rings. The zero-order valence-corrected chi connectivity index (χ0v) is 17.6. The number of hydrogen-bond donors (Lipinski definition) is 0. The summed E-state index contributed by atoms with van der Waals surface area (Å²) >= 11 is 0. The van der Waals surface area contributed by atoms with Crippen molar-refractivity contribution in [1.29, 1.82) is 0 Å². The summed E-state index contributed by atoms with van der Waals surface area (Å²) in [6, 6.07) is 7.24. The summed E-state index contributed by atoms with van der Waals surface area (Å²) in [5, 5.41) is 0. The molecule has 0 amide bonds. The van der Waals surface area contributed by atoms with Gasteiger partial charge < -0.3 is 4.74 Å². The molecule has 27 heavy (non-hydrogen) atoms. The summed E-state index contributed by atoms with van der Waals surface area (Å²) in [6.45, 7) is 6.95. The van der Waals surface area contributed by atoms with Gasteiger partial charge in [0, 0.05) is 30.3 Å². The predicted octanol–water partition coefficient (Wildman–Crippen LogP) is 4.26. The van der Waals surface area contributed by atoms with Crippen molar-refractivity contribution in [2.45, 2.75) is 57.4 Å². The van der Waals surface area contributed by atoms with E-state index in [0.717, 1.165) is 37.5 Å². The maximum Gasteiger partial charge on any atom is 0.136 e. The van der Waals surface area contributed by atoms with E-state index in [1.165, 1.54) is 30.5 Å². The van der Waals surface area contributed by atoms with Crippen LogP contribution >= 0.6 is 12.4 Å². The van der Waals surface area contributed by atoms with Crippen LogP contribution in [0.15, 0.2) is 18.2 Å². The number of ketones is 1. The molecule has 3 nitrogen and oxygen atoms in total. The van der Waals surface area contributed by atoms with Crippen LogP contribution < -0.4 is 4.74 Å². The minimum atomic E-state index is 0. The van der Waals surface area contributed by atoms with Crippen molar-refractivity contribution in [3.05, 3.63) is 29.3 Å². The lowest BCUT2D eigenvalue weighted by molar-refractivity contribution is -0.138. The summed E-state index contributed by atoms with van der Waals surface area (Å²) in [4.78, 5) is 15.7. The number of carbonyl (C=O) groups excluding carboxylic acids is 1. The molecule has 148 valence electrons. The second kappa shape index (κ2) is 6.77. The smallest absolute Gasteiger partial charge is 0.136 e. The Morgan fingerprint density at radius 1 is 1.26 bits per heavy atom. The lowest BCUT2D eigenvalue weighted by Crippen LogP contribution is -2.65. The summed E-state index contributed by atoms with van der Waals surface area (Å²) < 4.78 is 5.56. The highest BCUT2D eigenvalue weighted by atomic mass is 35.5. The van der Waals surface area contributed by atoms with E-state index in [0.29, 0.717) is 23.7 Å². The fourth-order valence-corrected chi connectivity index (χ4v) is 6.48. The van der Waals surface area contributed by atoms with Gasteiger partial charge in [-0.15, -0.1) is 12.4 Å². The van der Waals surface area contributed by atoms with Gasteiger partial charge in [0.1, 0.15) is 11.5 Å². The molecular weight excluding hydrogens is 358 g/mol. The van der Waals surface area contributed by atoms with Crippen molar-refractivity contribution in [3.63, 3.8) is 0 Å². The van der Waals surface area contributed by atoms with Gasteiger partial charge in [0.2, 0.25) is 0 Å². The van der Waals surface area contributed by atoms with E-state index in [1.54, 1.807) is 7.11 Å². The topological polar surface area (TPSA) is 29.5 Å². The molecule has 1 heterocycles. The molecule has 1 saturated heterocycles. The highest BCUT2D eigenvalue weighted by Crippen LogP contribution is 2.58. The molecule has 5 atom stereocenters. The maximum atomic E-state index is 12.9. The largest absolute Gasteiger partial charge is 0.497 e. The van der Waals surface area contributed by atoms with Crippen molar-refractivity contribution in [3.8, 4) is 5.75 Å². The fraction of sp³-hybridized carbons (Fsp3) is 0.696. The molecule has 2 unspecified atom stereocenters. The van der Waals surface area contributed by atoms with E-state index in [1.807, 2.05) is 0 Å². The number of Topliss-reactive ketones (excluding diaryl/α,β-unsaturated/α-hetero) is 1. The third kappa shape index (κ3) is 2.84. The third-order valence-electron chi connectivity index (χ3n) is 8.19. The highest BCUT2D eigenvalue weighted by Gasteiger charge is 2.59. The summed E-state index contributed by atoms with van der Waals surface area (Å²) in [5.41, 5.74) is 2.92. The molecule has 3 aliphatic carbocycles. The molecule has 4 aliphatic rings. The number of carbonyl (C=O) groups is 1. The highest BCUT2D eigenvalue weighted by molar-refractivity contribution is 5.85. The summed E-state index contributed by atoms with van der Waals surface area (Å²) in [6.07, 6.45) is 5.83. The monoisotopic (exact) mass is 389 g/mol. The van der Waals surface area contributed by atoms with Crippen LogP contribution in [0.2, 0.25) is 0 Å². The number of rotatable bonds is 3. The molecule has 5 rings (SSSR count). The Morgan fingerprint density at radius 2 is 2.04 bits per heavy atom. The molecule has 1 aromatic carbocycles. The Kier molecular flexibility index (Phi) is 4.83. The minimum absolute atomic E-state index is 0. The van der Waals surface area contributed by atoms with Gasteiger partial charge >= 0.3 is 0 Å². The molecule has 2 saturated carbocycles. The first-order valence-electron chi connectivity index (χ1n) is 10.5.